The number of carboxylic acid groups (broad SMARTS) is 1. The number of β-lactam (4-membered cyclic amide) rings is 1. The van der Waals surface area contributed by atoms with Gasteiger partial charge in [-0.3, -0.25) is 19.4 Å². The van der Waals surface area contributed by atoms with Gasteiger partial charge < -0.3 is 25.2 Å². The highest BCUT2D eigenvalue weighted by Gasteiger charge is 2.54. The van der Waals surface area contributed by atoms with E-state index in [2.05, 4.69) is 5.32 Å². The molecule has 2 fully saturated rings. The number of piperazine rings is 1. The maximum atomic E-state index is 12.8. The average molecular weight is 505 g/mol. The molecule has 11 nitrogen and oxygen atoms in total. The predicted molar refractivity (Wildman–Crippen MR) is 126 cm³/mol. The lowest BCUT2D eigenvalue weighted by Gasteiger charge is -2.49. The van der Waals surface area contributed by atoms with Gasteiger partial charge in [-0.15, -0.1) is 11.8 Å². The summed E-state index contributed by atoms with van der Waals surface area (Å²) in [6.45, 7) is 2.53. The Kier molecular flexibility index (Phi) is 7.93. The summed E-state index contributed by atoms with van der Waals surface area (Å²) in [6.07, 6.45) is -0.418. The van der Waals surface area contributed by atoms with Crippen LogP contribution in [0.15, 0.2) is 41.6 Å². The number of aliphatic hydroxyl groups is 1. The van der Waals surface area contributed by atoms with Crippen LogP contribution in [0.5, 0.6) is 0 Å². The number of amides is 3. The molecular formula is C23H28N4O7S. The fraction of sp³-hybridized carbons (Fsp3) is 0.478. The predicted octanol–water partition coefficient (Wildman–Crippen LogP) is -0.286. The second-order valence-electron chi connectivity index (χ2n) is 8.48. The molecule has 12 heteroatoms. The lowest BCUT2D eigenvalue weighted by molar-refractivity contribution is -0.150. The molecule has 1 aromatic carbocycles. The van der Waals surface area contributed by atoms with Crippen LogP contribution in [0, 0.1) is 0 Å². The van der Waals surface area contributed by atoms with Gasteiger partial charge in [-0.25, -0.2) is 9.59 Å². The van der Waals surface area contributed by atoms with Crippen molar-refractivity contribution in [2.45, 2.75) is 17.8 Å². The topological polar surface area (TPSA) is 140 Å². The highest BCUT2D eigenvalue weighted by molar-refractivity contribution is 8.00. The molecule has 1 unspecified atom stereocenters. The van der Waals surface area contributed by atoms with Crippen molar-refractivity contribution in [1.29, 1.82) is 0 Å². The number of nitrogens with zero attached hydrogens (tertiary/aromatic N) is 3. The minimum Gasteiger partial charge on any atom is -0.477 e. The molecule has 0 aromatic heterocycles. The first-order valence-corrected chi connectivity index (χ1v) is 12.4. The minimum absolute atomic E-state index is 0.0576. The van der Waals surface area contributed by atoms with Gasteiger partial charge in [-0.1, -0.05) is 30.3 Å². The lowest BCUT2D eigenvalue weighted by Crippen LogP contribution is -2.70. The summed E-state index contributed by atoms with van der Waals surface area (Å²) in [5.41, 5.74) is 0.969. The molecule has 3 aliphatic rings. The Bertz CT molecular complexity index is 1010. The van der Waals surface area contributed by atoms with Crippen molar-refractivity contribution in [2.75, 3.05) is 51.7 Å². The number of ether oxygens (including phenoxy) is 1. The third-order valence-corrected chi connectivity index (χ3v) is 7.53. The number of carboxylic acids is 1. The fourth-order valence-electron chi connectivity index (χ4n) is 4.34. The number of thioether (sulfide) groups is 1. The van der Waals surface area contributed by atoms with Crippen molar-refractivity contribution in [1.82, 2.24) is 20.0 Å². The van der Waals surface area contributed by atoms with Gasteiger partial charge in [-0.2, -0.15) is 0 Å². The average Bonchev–Trinajstić information content (AvgIpc) is 2.86. The quantitative estimate of drug-likeness (QED) is 0.408. The largest absolute Gasteiger partial charge is 0.477 e. The first kappa shape index (κ1) is 25.0. The second-order valence-corrected chi connectivity index (χ2v) is 9.59. The second kappa shape index (κ2) is 11.1. The molecule has 0 aliphatic carbocycles. The number of hydrogen-bond donors (Lipinski definition) is 3. The Morgan fingerprint density at radius 2 is 1.83 bits per heavy atom. The van der Waals surface area contributed by atoms with Gasteiger partial charge in [0.15, 0.2) is 0 Å². The number of fused-ring (bicyclic) bond motifs is 1. The monoisotopic (exact) mass is 504 g/mol. The Balaban J connectivity index is 1.34. The van der Waals surface area contributed by atoms with Crippen LogP contribution in [-0.4, -0.2) is 112 Å². The maximum absolute atomic E-state index is 12.8. The van der Waals surface area contributed by atoms with Crippen LogP contribution < -0.4 is 5.32 Å². The standard InChI is InChI=1S/C23H28N4O7S/c28-11-10-25-6-8-26(9-7-25)23(33)34-13-16-14-35-21-18(20(30)27(21)19(16)22(31)32)24-17(29)12-15-4-2-1-3-5-15/h1-5,18,21,28H,6-14H2,(H,24,29)(H,31,32)/t18?,21-/m1/s1. The smallest absolute Gasteiger partial charge is 0.410 e. The molecule has 3 heterocycles. The molecule has 2 atom stereocenters. The Hall–Kier alpha value is -3.09. The highest BCUT2D eigenvalue weighted by atomic mass is 32.2. The third-order valence-electron chi connectivity index (χ3n) is 6.19. The number of carbonyl (C=O) groups is 4. The summed E-state index contributed by atoms with van der Waals surface area (Å²) in [5.74, 6) is -1.82. The third kappa shape index (κ3) is 5.60. The van der Waals surface area contributed by atoms with Crippen LogP contribution in [0.25, 0.3) is 0 Å². The molecule has 1 aromatic rings. The van der Waals surface area contributed by atoms with E-state index in [4.69, 9.17) is 9.84 Å². The molecule has 188 valence electrons. The molecular weight excluding hydrogens is 476 g/mol. The van der Waals surface area contributed by atoms with Gasteiger partial charge in [0.2, 0.25) is 5.91 Å². The molecule has 3 amide bonds. The SMILES string of the molecule is O=C(Cc1ccccc1)NC1C(=O)N2C(C(=O)O)=C(COC(=O)N3CCN(CCO)CC3)CS[C@H]12. The van der Waals surface area contributed by atoms with Gasteiger partial charge in [0.1, 0.15) is 23.7 Å². The summed E-state index contributed by atoms with van der Waals surface area (Å²) in [7, 11) is 0. The highest BCUT2D eigenvalue weighted by Crippen LogP contribution is 2.40. The van der Waals surface area contributed by atoms with Gasteiger partial charge in [-0.05, 0) is 5.56 Å². The molecule has 3 aliphatic heterocycles. The Labute approximate surface area is 206 Å². The molecule has 35 heavy (non-hydrogen) atoms. The van der Waals surface area contributed by atoms with Crippen LogP contribution in [-0.2, 0) is 25.5 Å². The van der Waals surface area contributed by atoms with Gasteiger partial charge in [0, 0.05) is 44.0 Å². The fourth-order valence-corrected chi connectivity index (χ4v) is 5.66. The Morgan fingerprint density at radius 1 is 1.11 bits per heavy atom. The van der Waals surface area contributed by atoms with Crippen molar-refractivity contribution in [3.63, 3.8) is 0 Å². The van der Waals surface area contributed by atoms with Crippen LogP contribution in [0.1, 0.15) is 5.56 Å². The Morgan fingerprint density at radius 3 is 2.49 bits per heavy atom. The first-order valence-electron chi connectivity index (χ1n) is 11.4. The summed E-state index contributed by atoms with van der Waals surface area (Å²) >= 11 is 1.33. The molecule has 0 saturated carbocycles. The number of benzene rings is 1. The number of β-amino-alcohol motifs (C(OH)–C–C–N with tert-alkyl or cyclic N) is 1. The van der Waals surface area contributed by atoms with E-state index in [0.717, 1.165) is 5.56 Å². The number of nitrogens with one attached hydrogen (secondary N) is 1. The van der Waals surface area contributed by atoms with Crippen molar-refractivity contribution >= 4 is 35.6 Å². The molecule has 3 N–H and O–H groups in total. The van der Waals surface area contributed by atoms with E-state index in [0.29, 0.717) is 38.3 Å². The van der Waals surface area contributed by atoms with Crippen molar-refractivity contribution < 1.29 is 34.1 Å². The molecule has 4 rings (SSSR count). The van der Waals surface area contributed by atoms with Gasteiger partial charge in [0.05, 0.1) is 13.0 Å². The van der Waals surface area contributed by atoms with Crippen LogP contribution in [0.4, 0.5) is 4.79 Å². The van der Waals surface area contributed by atoms with Gasteiger partial charge >= 0.3 is 12.1 Å². The van der Waals surface area contributed by atoms with Crippen LogP contribution in [0.3, 0.4) is 0 Å². The molecule has 0 spiro atoms. The molecule has 2 saturated heterocycles. The summed E-state index contributed by atoms with van der Waals surface area (Å²) in [4.78, 5) is 54.4. The van der Waals surface area contributed by atoms with E-state index in [9.17, 15) is 24.3 Å². The van der Waals surface area contributed by atoms with E-state index in [1.165, 1.54) is 16.7 Å². The van der Waals surface area contributed by atoms with E-state index in [-0.39, 0.29) is 37.0 Å². The number of hydrogen-bond acceptors (Lipinski definition) is 8. The molecule has 0 radical (unpaired) electrons. The first-order chi connectivity index (χ1) is 16.9. The maximum Gasteiger partial charge on any atom is 0.410 e. The van der Waals surface area contributed by atoms with Gasteiger partial charge in [0.25, 0.3) is 5.91 Å². The van der Waals surface area contributed by atoms with E-state index >= 15 is 0 Å². The van der Waals surface area contributed by atoms with Crippen molar-refractivity contribution in [3.05, 3.63) is 47.2 Å². The summed E-state index contributed by atoms with van der Waals surface area (Å²) in [5, 5.41) is 21.0. The number of aliphatic hydroxyl groups excluding tert-OH is 1. The van der Waals surface area contributed by atoms with Crippen LogP contribution in [0.2, 0.25) is 0 Å². The summed E-state index contributed by atoms with van der Waals surface area (Å²) < 4.78 is 5.37. The molecule has 0 bridgehead atoms. The van der Waals surface area contributed by atoms with Crippen molar-refractivity contribution in [3.8, 4) is 0 Å². The number of aliphatic carboxylic acids is 1. The van der Waals surface area contributed by atoms with E-state index in [1.807, 2.05) is 35.2 Å². The normalized spacial score (nSPS) is 22.4. The minimum atomic E-state index is -1.28. The van der Waals surface area contributed by atoms with Crippen molar-refractivity contribution in [2.24, 2.45) is 0 Å². The number of rotatable bonds is 8. The zero-order valence-electron chi connectivity index (χ0n) is 19.1. The number of carbonyl (C=O) groups excluding carboxylic acids is 3. The van der Waals surface area contributed by atoms with E-state index < -0.39 is 29.4 Å². The lowest BCUT2D eigenvalue weighted by atomic mass is 10.0. The van der Waals surface area contributed by atoms with Crippen LogP contribution >= 0.6 is 11.8 Å². The zero-order chi connectivity index (χ0) is 24.9. The zero-order valence-corrected chi connectivity index (χ0v) is 19.9. The van der Waals surface area contributed by atoms with E-state index in [1.54, 1.807) is 4.90 Å². The summed E-state index contributed by atoms with van der Waals surface area (Å²) in [6, 6.07) is 8.33.